The van der Waals surface area contributed by atoms with E-state index in [-0.39, 0.29) is 6.61 Å². The predicted molar refractivity (Wildman–Crippen MR) is 58.5 cm³/mol. The Labute approximate surface area is 91.5 Å². The van der Waals surface area contributed by atoms with Gasteiger partial charge in [0.1, 0.15) is 12.6 Å². The average molecular weight is 212 g/mol. The second-order valence-corrected chi connectivity index (χ2v) is 4.80. The number of rotatable bonds is 4. The molecule has 1 aliphatic carbocycles. The highest BCUT2D eigenvalue weighted by Gasteiger charge is 2.35. The molecule has 3 nitrogen and oxygen atoms in total. The van der Waals surface area contributed by atoms with Crippen LogP contribution in [0.25, 0.3) is 0 Å². The van der Waals surface area contributed by atoms with Crippen molar-refractivity contribution >= 4 is 0 Å². The third kappa shape index (κ3) is 2.60. The number of hydrogen-bond acceptors (Lipinski definition) is 2. The van der Waals surface area contributed by atoms with Gasteiger partial charge in [-0.3, -0.25) is 0 Å². The van der Waals surface area contributed by atoms with Crippen LogP contribution in [0, 0.1) is 11.8 Å². The number of aliphatic hydroxyl groups excluding tert-OH is 1. The molecule has 0 aromatic rings. The Morgan fingerprint density at radius 3 is 3.27 bits per heavy atom. The van der Waals surface area contributed by atoms with Crippen LogP contribution in [0.5, 0.6) is 0 Å². The van der Waals surface area contributed by atoms with Crippen molar-refractivity contribution in [2.75, 3.05) is 26.3 Å². The highest BCUT2D eigenvalue weighted by Crippen LogP contribution is 2.36. The second-order valence-electron chi connectivity index (χ2n) is 4.80. The minimum Gasteiger partial charge on any atom is -0.391 e. The molecule has 3 atom stereocenters. The summed E-state index contributed by atoms with van der Waals surface area (Å²) in [7, 11) is 0. The zero-order chi connectivity index (χ0) is 10.7. The maximum atomic E-state index is 8.74. The molecule has 1 saturated heterocycles. The molecule has 0 spiro atoms. The zero-order valence-corrected chi connectivity index (χ0v) is 9.48. The van der Waals surface area contributed by atoms with Gasteiger partial charge in [0.25, 0.3) is 0 Å². The Bertz CT molecular complexity index is 240. The number of aliphatic hydroxyl groups is 1. The molecule has 0 saturated carbocycles. The predicted octanol–water partition coefficient (Wildman–Crippen LogP) is -0.0866. The lowest BCUT2D eigenvalue weighted by atomic mass is 9.77. The van der Waals surface area contributed by atoms with E-state index in [0.717, 1.165) is 25.6 Å². The van der Waals surface area contributed by atoms with Crippen LogP contribution < -0.4 is 5.32 Å². The Morgan fingerprint density at radius 1 is 1.60 bits per heavy atom. The first kappa shape index (κ1) is 11.1. The third-order valence-corrected chi connectivity index (χ3v) is 3.67. The Kier molecular flexibility index (Phi) is 3.78. The molecule has 1 aliphatic heterocycles. The number of hydrogen-bond donors (Lipinski definition) is 2. The van der Waals surface area contributed by atoms with Crippen molar-refractivity contribution in [3.63, 3.8) is 0 Å². The maximum Gasteiger partial charge on any atom is 0.113 e. The molecule has 1 fully saturated rings. The minimum absolute atomic E-state index is 0.259. The van der Waals surface area contributed by atoms with E-state index < -0.39 is 0 Å². The molecular formula is C12H22NO2+. The SMILES string of the molecule is CC1=CC[C@H]2CO[C@H](C[NH2+]CCO)[C@@H]1C2. The molecule has 15 heavy (non-hydrogen) atoms. The van der Waals surface area contributed by atoms with Crippen molar-refractivity contribution in [3.8, 4) is 0 Å². The molecule has 2 aliphatic rings. The van der Waals surface area contributed by atoms with Gasteiger partial charge in [-0.25, -0.2) is 0 Å². The zero-order valence-electron chi connectivity index (χ0n) is 9.48. The topological polar surface area (TPSA) is 46.1 Å². The van der Waals surface area contributed by atoms with Crippen molar-refractivity contribution in [1.82, 2.24) is 0 Å². The molecule has 2 bridgehead atoms. The normalized spacial score (nSPS) is 35.1. The Morgan fingerprint density at radius 2 is 2.47 bits per heavy atom. The van der Waals surface area contributed by atoms with E-state index in [1.54, 1.807) is 0 Å². The van der Waals surface area contributed by atoms with Gasteiger partial charge in [-0.1, -0.05) is 11.6 Å². The first-order valence-corrected chi connectivity index (χ1v) is 6.02. The van der Waals surface area contributed by atoms with Crippen LogP contribution in [-0.2, 0) is 4.74 Å². The van der Waals surface area contributed by atoms with E-state index in [9.17, 15) is 0 Å². The number of nitrogens with two attached hydrogens (primary N) is 1. The molecule has 2 rings (SSSR count). The molecule has 1 heterocycles. The second kappa shape index (κ2) is 5.10. The van der Waals surface area contributed by atoms with Crippen molar-refractivity contribution in [2.24, 2.45) is 11.8 Å². The summed E-state index contributed by atoms with van der Waals surface area (Å²) < 4.78 is 5.91. The van der Waals surface area contributed by atoms with Crippen LogP contribution in [0.3, 0.4) is 0 Å². The minimum atomic E-state index is 0.259. The van der Waals surface area contributed by atoms with Crippen LogP contribution in [0.4, 0.5) is 0 Å². The molecule has 0 aromatic carbocycles. The Balaban J connectivity index is 1.89. The van der Waals surface area contributed by atoms with E-state index in [4.69, 9.17) is 9.84 Å². The summed E-state index contributed by atoms with van der Waals surface area (Å²) >= 11 is 0. The smallest absolute Gasteiger partial charge is 0.113 e. The van der Waals surface area contributed by atoms with Crippen molar-refractivity contribution < 1.29 is 15.2 Å². The monoisotopic (exact) mass is 212 g/mol. The molecule has 0 radical (unpaired) electrons. The van der Waals surface area contributed by atoms with Crippen LogP contribution >= 0.6 is 0 Å². The lowest BCUT2D eigenvalue weighted by molar-refractivity contribution is -0.664. The van der Waals surface area contributed by atoms with Gasteiger partial charge in [0.15, 0.2) is 0 Å². The highest BCUT2D eigenvalue weighted by molar-refractivity contribution is 5.12. The van der Waals surface area contributed by atoms with Gasteiger partial charge in [0, 0.05) is 5.92 Å². The quantitative estimate of drug-likeness (QED) is 0.505. The lowest BCUT2D eigenvalue weighted by Crippen LogP contribution is -2.87. The maximum absolute atomic E-state index is 8.74. The van der Waals surface area contributed by atoms with Gasteiger partial charge in [-0.05, 0) is 25.7 Å². The molecule has 3 heteroatoms. The van der Waals surface area contributed by atoms with Gasteiger partial charge in [0.05, 0.1) is 19.8 Å². The van der Waals surface area contributed by atoms with Crippen molar-refractivity contribution in [3.05, 3.63) is 11.6 Å². The van der Waals surface area contributed by atoms with Gasteiger partial charge in [-0.2, -0.15) is 0 Å². The van der Waals surface area contributed by atoms with Gasteiger partial charge in [0.2, 0.25) is 0 Å². The summed E-state index contributed by atoms with van der Waals surface area (Å²) in [6.07, 6.45) is 5.26. The highest BCUT2D eigenvalue weighted by atomic mass is 16.5. The average Bonchev–Trinajstić information content (AvgIpc) is 2.26. The fourth-order valence-electron chi connectivity index (χ4n) is 2.71. The summed E-state index contributed by atoms with van der Waals surface area (Å²) in [5.41, 5.74) is 1.51. The summed E-state index contributed by atoms with van der Waals surface area (Å²) in [6.45, 7) is 5.20. The number of ether oxygens (including phenoxy) is 1. The standard InChI is InChI=1S/C12H21NO2/c1-9-2-3-10-6-11(9)12(15-8-10)7-13-4-5-14/h2,10-14H,3-8H2,1H3/p+1/t10-,11-,12-/m1/s1. The third-order valence-electron chi connectivity index (χ3n) is 3.67. The Hall–Kier alpha value is -0.380. The van der Waals surface area contributed by atoms with E-state index in [1.807, 2.05) is 0 Å². The molecular weight excluding hydrogens is 190 g/mol. The van der Waals surface area contributed by atoms with Gasteiger partial charge in [-0.15, -0.1) is 0 Å². The van der Waals surface area contributed by atoms with Crippen LogP contribution in [0.15, 0.2) is 11.6 Å². The fourth-order valence-corrected chi connectivity index (χ4v) is 2.71. The van der Waals surface area contributed by atoms with Gasteiger partial charge >= 0.3 is 0 Å². The largest absolute Gasteiger partial charge is 0.391 e. The van der Waals surface area contributed by atoms with Crippen molar-refractivity contribution in [1.29, 1.82) is 0 Å². The first-order chi connectivity index (χ1) is 7.31. The molecule has 3 N–H and O–H groups in total. The molecule has 0 amide bonds. The number of fused-ring (bicyclic) bond motifs is 2. The van der Waals surface area contributed by atoms with E-state index in [1.165, 1.54) is 18.4 Å². The van der Waals surface area contributed by atoms with E-state index in [0.29, 0.717) is 12.0 Å². The summed E-state index contributed by atoms with van der Waals surface area (Å²) in [6, 6.07) is 0. The van der Waals surface area contributed by atoms with Gasteiger partial charge < -0.3 is 15.2 Å². The lowest BCUT2D eigenvalue weighted by Gasteiger charge is -2.39. The molecule has 0 unspecified atom stereocenters. The number of allylic oxidation sites excluding steroid dienone is 1. The van der Waals surface area contributed by atoms with Crippen LogP contribution in [-0.4, -0.2) is 37.5 Å². The molecule has 86 valence electrons. The summed E-state index contributed by atoms with van der Waals surface area (Å²) in [5, 5.41) is 10.9. The van der Waals surface area contributed by atoms with Crippen LogP contribution in [0.2, 0.25) is 0 Å². The fraction of sp³-hybridized carbons (Fsp3) is 0.833. The number of quaternary nitrogens is 1. The first-order valence-electron chi connectivity index (χ1n) is 6.02. The van der Waals surface area contributed by atoms with E-state index >= 15 is 0 Å². The van der Waals surface area contributed by atoms with Crippen molar-refractivity contribution in [2.45, 2.75) is 25.9 Å². The summed E-state index contributed by atoms with van der Waals surface area (Å²) in [4.78, 5) is 0. The van der Waals surface area contributed by atoms with Crippen LogP contribution in [0.1, 0.15) is 19.8 Å². The molecule has 0 aromatic heterocycles. The summed E-state index contributed by atoms with van der Waals surface area (Å²) in [5.74, 6) is 1.39. The van der Waals surface area contributed by atoms with E-state index in [2.05, 4.69) is 18.3 Å².